The number of hydrogen-bond donors (Lipinski definition) is 1. The van der Waals surface area contributed by atoms with Crippen molar-refractivity contribution < 1.29 is 12.4 Å². The standard InChI is InChI=1S/C17H18ClN5S.ClH/c18-16-10-5-4-7-14(16)13-19-11-6-12-24-17-20-21-22-23(17)15-8-2-1-3-9-15;/h1-5,7-10,19H,6,11-13H2;1H/p-1. The van der Waals surface area contributed by atoms with E-state index in [1.54, 1.807) is 16.4 Å². The molecule has 1 aromatic heterocycles. The fourth-order valence-corrected chi connectivity index (χ4v) is 3.26. The fraction of sp³-hybridized carbons (Fsp3) is 0.235. The van der Waals surface area contributed by atoms with E-state index in [1.807, 2.05) is 54.6 Å². The van der Waals surface area contributed by atoms with Crippen LogP contribution in [0.5, 0.6) is 0 Å². The number of tetrazole rings is 1. The Morgan fingerprint density at radius 3 is 2.60 bits per heavy atom. The van der Waals surface area contributed by atoms with Crippen molar-refractivity contribution in [2.45, 2.75) is 18.1 Å². The van der Waals surface area contributed by atoms with Gasteiger partial charge < -0.3 is 17.7 Å². The molecule has 3 rings (SSSR count). The summed E-state index contributed by atoms with van der Waals surface area (Å²) in [6, 6.07) is 17.8. The van der Waals surface area contributed by atoms with Crippen molar-refractivity contribution in [3.8, 4) is 5.69 Å². The smallest absolute Gasteiger partial charge is 0.214 e. The summed E-state index contributed by atoms with van der Waals surface area (Å²) in [4.78, 5) is 0. The van der Waals surface area contributed by atoms with Gasteiger partial charge >= 0.3 is 0 Å². The second-order valence-electron chi connectivity index (χ2n) is 5.18. The van der Waals surface area contributed by atoms with E-state index in [9.17, 15) is 0 Å². The van der Waals surface area contributed by atoms with E-state index in [2.05, 4.69) is 20.8 Å². The molecule has 0 fully saturated rings. The number of aromatic nitrogens is 4. The van der Waals surface area contributed by atoms with Gasteiger partial charge in [0.2, 0.25) is 5.16 Å². The lowest BCUT2D eigenvalue weighted by Crippen LogP contribution is -3.00. The maximum atomic E-state index is 6.14. The Balaban J connectivity index is 0.00000225. The topological polar surface area (TPSA) is 55.6 Å². The number of thioether (sulfide) groups is 1. The highest BCUT2D eigenvalue weighted by Crippen LogP contribution is 2.18. The molecule has 0 amide bonds. The molecule has 0 unspecified atom stereocenters. The number of nitrogens with zero attached hydrogens (tertiary/aromatic N) is 4. The summed E-state index contributed by atoms with van der Waals surface area (Å²) < 4.78 is 1.77. The van der Waals surface area contributed by atoms with Gasteiger partial charge in [0, 0.05) is 17.3 Å². The lowest BCUT2D eigenvalue weighted by Gasteiger charge is -2.07. The van der Waals surface area contributed by atoms with Crippen molar-refractivity contribution in [1.29, 1.82) is 0 Å². The molecule has 5 nitrogen and oxygen atoms in total. The zero-order valence-electron chi connectivity index (χ0n) is 13.5. The lowest BCUT2D eigenvalue weighted by molar-refractivity contribution is -0.00000487. The number of hydrogen-bond acceptors (Lipinski definition) is 5. The monoisotopic (exact) mass is 394 g/mol. The van der Waals surface area contributed by atoms with Crippen molar-refractivity contribution in [2.75, 3.05) is 12.3 Å². The van der Waals surface area contributed by atoms with E-state index >= 15 is 0 Å². The summed E-state index contributed by atoms with van der Waals surface area (Å²) in [7, 11) is 0. The fourth-order valence-electron chi connectivity index (χ4n) is 2.23. The molecular weight excluding hydrogens is 377 g/mol. The van der Waals surface area contributed by atoms with E-state index < -0.39 is 0 Å². The van der Waals surface area contributed by atoms with Crippen LogP contribution in [0, 0.1) is 0 Å². The molecule has 132 valence electrons. The van der Waals surface area contributed by atoms with Crippen molar-refractivity contribution in [2.24, 2.45) is 0 Å². The molecule has 25 heavy (non-hydrogen) atoms. The number of nitrogens with one attached hydrogen (secondary N) is 1. The number of halogens is 2. The molecule has 8 heteroatoms. The highest BCUT2D eigenvalue weighted by molar-refractivity contribution is 7.99. The molecule has 0 radical (unpaired) electrons. The predicted octanol–water partition coefficient (Wildman–Crippen LogP) is 0.592. The minimum Gasteiger partial charge on any atom is -1.00 e. The summed E-state index contributed by atoms with van der Waals surface area (Å²) in [5.74, 6) is 0.947. The van der Waals surface area contributed by atoms with Gasteiger partial charge in [-0.15, -0.1) is 5.10 Å². The van der Waals surface area contributed by atoms with Crippen LogP contribution >= 0.6 is 23.4 Å². The first kappa shape index (κ1) is 19.7. The van der Waals surface area contributed by atoms with Crippen LogP contribution in [0.4, 0.5) is 0 Å². The SMILES string of the molecule is Clc1ccccc1CNCCCSc1nnnn1-c1ccccc1.[Cl-]. The van der Waals surface area contributed by atoms with Gasteiger partial charge in [-0.2, -0.15) is 4.68 Å². The van der Waals surface area contributed by atoms with E-state index in [-0.39, 0.29) is 12.4 Å². The van der Waals surface area contributed by atoms with E-state index in [4.69, 9.17) is 11.6 Å². The lowest BCUT2D eigenvalue weighted by atomic mass is 10.2. The zero-order valence-corrected chi connectivity index (χ0v) is 15.8. The van der Waals surface area contributed by atoms with Gasteiger partial charge in [0.05, 0.1) is 5.69 Å². The average Bonchev–Trinajstić information content (AvgIpc) is 3.09. The maximum absolute atomic E-state index is 6.14. The highest BCUT2D eigenvalue weighted by atomic mass is 35.5. The van der Waals surface area contributed by atoms with Crippen LogP contribution in [0.25, 0.3) is 5.69 Å². The number of benzene rings is 2. The van der Waals surface area contributed by atoms with Gasteiger partial charge in [-0.25, -0.2) is 0 Å². The van der Waals surface area contributed by atoms with Gasteiger partial charge in [0.1, 0.15) is 0 Å². The van der Waals surface area contributed by atoms with Gasteiger partial charge in [-0.3, -0.25) is 0 Å². The summed E-state index contributed by atoms with van der Waals surface area (Å²) >= 11 is 7.80. The van der Waals surface area contributed by atoms with E-state index in [0.717, 1.165) is 46.7 Å². The third-order valence-corrected chi connectivity index (χ3v) is 4.82. The molecule has 0 aliphatic heterocycles. The second-order valence-corrected chi connectivity index (χ2v) is 6.65. The summed E-state index contributed by atoms with van der Waals surface area (Å²) in [5, 5.41) is 17.0. The third-order valence-electron chi connectivity index (χ3n) is 3.44. The minimum atomic E-state index is 0. The Morgan fingerprint density at radius 2 is 1.80 bits per heavy atom. The molecule has 0 bridgehead atoms. The summed E-state index contributed by atoms with van der Waals surface area (Å²) in [6.07, 6.45) is 1.02. The summed E-state index contributed by atoms with van der Waals surface area (Å²) in [6.45, 7) is 1.71. The Morgan fingerprint density at radius 1 is 1.04 bits per heavy atom. The minimum absolute atomic E-state index is 0. The second kappa shape index (κ2) is 10.4. The van der Waals surface area contributed by atoms with Gasteiger partial charge in [-0.05, 0) is 47.2 Å². The molecule has 2 aromatic carbocycles. The molecular formula is C17H18Cl2N5S-. The quantitative estimate of drug-likeness (QED) is 0.447. The Bertz CT molecular complexity index is 766. The van der Waals surface area contributed by atoms with Gasteiger partial charge in [0.15, 0.2) is 0 Å². The first-order chi connectivity index (χ1) is 11.8. The Kier molecular flexibility index (Phi) is 8.21. The van der Waals surface area contributed by atoms with Crippen molar-refractivity contribution in [1.82, 2.24) is 25.5 Å². The molecule has 1 N–H and O–H groups in total. The van der Waals surface area contributed by atoms with Crippen LogP contribution < -0.4 is 17.7 Å². The molecule has 3 aromatic rings. The van der Waals surface area contributed by atoms with Crippen molar-refractivity contribution >= 4 is 23.4 Å². The third kappa shape index (κ3) is 5.71. The first-order valence-electron chi connectivity index (χ1n) is 7.75. The molecule has 0 aliphatic rings. The molecule has 0 saturated carbocycles. The largest absolute Gasteiger partial charge is 1.00 e. The van der Waals surface area contributed by atoms with Gasteiger partial charge in [0.25, 0.3) is 0 Å². The predicted molar refractivity (Wildman–Crippen MR) is 97.7 cm³/mol. The zero-order chi connectivity index (χ0) is 16.6. The number of rotatable bonds is 8. The Labute approximate surface area is 162 Å². The van der Waals surface area contributed by atoms with E-state index in [1.165, 1.54) is 0 Å². The van der Waals surface area contributed by atoms with Crippen LogP contribution in [-0.2, 0) is 6.54 Å². The van der Waals surface area contributed by atoms with Crippen LogP contribution in [0.1, 0.15) is 12.0 Å². The average molecular weight is 395 g/mol. The van der Waals surface area contributed by atoms with E-state index in [0.29, 0.717) is 0 Å². The number of para-hydroxylation sites is 1. The first-order valence-corrected chi connectivity index (χ1v) is 9.11. The molecule has 0 spiro atoms. The molecule has 0 atom stereocenters. The molecule has 1 heterocycles. The molecule has 0 saturated heterocycles. The highest BCUT2D eigenvalue weighted by Gasteiger charge is 2.08. The van der Waals surface area contributed by atoms with Crippen LogP contribution in [-0.4, -0.2) is 32.5 Å². The van der Waals surface area contributed by atoms with Crippen molar-refractivity contribution in [3.05, 3.63) is 65.2 Å². The molecule has 0 aliphatic carbocycles. The van der Waals surface area contributed by atoms with Crippen LogP contribution in [0.15, 0.2) is 59.8 Å². The van der Waals surface area contributed by atoms with Crippen LogP contribution in [0.3, 0.4) is 0 Å². The maximum Gasteiger partial charge on any atom is 0.214 e. The van der Waals surface area contributed by atoms with Crippen molar-refractivity contribution in [3.63, 3.8) is 0 Å². The van der Waals surface area contributed by atoms with Crippen LogP contribution in [0.2, 0.25) is 5.02 Å². The Hall–Kier alpha value is -1.60. The van der Waals surface area contributed by atoms with Gasteiger partial charge in [-0.1, -0.05) is 59.8 Å². The normalized spacial score (nSPS) is 10.4. The summed E-state index contributed by atoms with van der Waals surface area (Å²) in [5.41, 5.74) is 2.10.